The zero-order valence-electron chi connectivity index (χ0n) is 7.23. The Bertz CT molecular complexity index is 185. The van der Waals surface area contributed by atoms with Crippen LogP contribution in [0.3, 0.4) is 0 Å². The lowest BCUT2D eigenvalue weighted by Gasteiger charge is -2.36. The van der Waals surface area contributed by atoms with E-state index in [2.05, 4.69) is 5.32 Å². The highest BCUT2D eigenvalue weighted by molar-refractivity contribution is 5.77. The number of carbonyl (C=O) groups is 1. The Hall–Kier alpha value is -0.850. The van der Waals surface area contributed by atoms with Crippen LogP contribution >= 0.6 is 0 Å². The monoisotopic (exact) mass is 190 g/mol. The van der Waals surface area contributed by atoms with Crippen LogP contribution in [0, 0.1) is 0 Å². The third-order valence-corrected chi connectivity index (χ3v) is 2.31. The highest BCUT2D eigenvalue weighted by Gasteiger charge is 2.40. The van der Waals surface area contributed by atoms with Crippen molar-refractivity contribution >= 4 is 6.03 Å². The van der Waals surface area contributed by atoms with Gasteiger partial charge in [-0.1, -0.05) is 0 Å². The average Bonchev–Trinajstić information content (AvgIpc) is 2.57. The van der Waals surface area contributed by atoms with E-state index in [-0.39, 0.29) is 6.03 Å². The number of rotatable bonds is 4. The molecule has 1 fully saturated rings. The molecule has 0 aliphatic carbocycles. The third-order valence-electron chi connectivity index (χ3n) is 2.31. The predicted molar refractivity (Wildman–Crippen MR) is 44.1 cm³/mol. The highest BCUT2D eigenvalue weighted by atomic mass is 16.3. The van der Waals surface area contributed by atoms with E-state index < -0.39 is 25.4 Å². The van der Waals surface area contributed by atoms with Gasteiger partial charge in [-0.25, -0.2) is 4.79 Å². The van der Waals surface area contributed by atoms with E-state index in [9.17, 15) is 4.79 Å². The molecule has 1 aliphatic heterocycles. The molecule has 6 heteroatoms. The number of nitrogens with one attached hydrogen (secondary N) is 1. The Labute approximate surface area is 75.8 Å². The second-order valence-corrected chi connectivity index (χ2v) is 3.08. The minimum Gasteiger partial charge on any atom is -0.394 e. The first-order valence-electron chi connectivity index (χ1n) is 4.08. The van der Waals surface area contributed by atoms with Crippen LogP contribution in [-0.4, -0.2) is 64.7 Å². The molecule has 2 amide bonds. The number of hydrogen-bond acceptors (Lipinski definition) is 4. The fourth-order valence-corrected chi connectivity index (χ4v) is 1.33. The zero-order valence-corrected chi connectivity index (χ0v) is 7.23. The van der Waals surface area contributed by atoms with Gasteiger partial charge in [0.25, 0.3) is 0 Å². The second kappa shape index (κ2) is 3.91. The van der Waals surface area contributed by atoms with Crippen molar-refractivity contribution in [3.63, 3.8) is 0 Å². The first-order chi connectivity index (χ1) is 6.20. The van der Waals surface area contributed by atoms with Crippen LogP contribution in [0.25, 0.3) is 0 Å². The van der Waals surface area contributed by atoms with Gasteiger partial charge in [-0.3, -0.25) is 0 Å². The molecular weight excluding hydrogens is 176 g/mol. The second-order valence-electron chi connectivity index (χ2n) is 3.08. The van der Waals surface area contributed by atoms with Gasteiger partial charge in [0.05, 0.1) is 19.8 Å². The fourth-order valence-electron chi connectivity index (χ4n) is 1.33. The van der Waals surface area contributed by atoms with E-state index in [0.29, 0.717) is 13.1 Å². The number of urea groups is 1. The maximum absolute atomic E-state index is 11.2. The summed E-state index contributed by atoms with van der Waals surface area (Å²) in [5.74, 6) is 0. The average molecular weight is 190 g/mol. The van der Waals surface area contributed by atoms with E-state index in [0.717, 1.165) is 0 Å². The zero-order chi connectivity index (χ0) is 9.90. The van der Waals surface area contributed by atoms with Crippen LogP contribution in [0.2, 0.25) is 0 Å². The van der Waals surface area contributed by atoms with Crippen molar-refractivity contribution in [3.05, 3.63) is 0 Å². The van der Waals surface area contributed by atoms with Gasteiger partial charge < -0.3 is 25.5 Å². The quantitative estimate of drug-likeness (QED) is 0.402. The topological polar surface area (TPSA) is 93.0 Å². The standard InChI is InChI=1S/C7H14N2O4/c10-3-7(4-11,5-12)9-2-1-8-6(9)13/h10-12H,1-5H2,(H,8,13). The lowest BCUT2D eigenvalue weighted by Crippen LogP contribution is -2.58. The van der Waals surface area contributed by atoms with Gasteiger partial charge in [0.15, 0.2) is 0 Å². The molecule has 1 aliphatic rings. The molecule has 76 valence electrons. The summed E-state index contributed by atoms with van der Waals surface area (Å²) in [5.41, 5.74) is -1.24. The van der Waals surface area contributed by atoms with E-state index in [1.807, 2.05) is 0 Å². The van der Waals surface area contributed by atoms with E-state index in [4.69, 9.17) is 15.3 Å². The number of hydrogen-bond donors (Lipinski definition) is 4. The molecule has 13 heavy (non-hydrogen) atoms. The molecule has 0 atom stereocenters. The Morgan fingerprint density at radius 1 is 1.31 bits per heavy atom. The summed E-state index contributed by atoms with van der Waals surface area (Å²) < 4.78 is 0. The normalized spacial score (nSPS) is 17.8. The van der Waals surface area contributed by atoms with Gasteiger partial charge in [0, 0.05) is 13.1 Å². The fraction of sp³-hybridized carbons (Fsp3) is 0.857. The van der Waals surface area contributed by atoms with Gasteiger partial charge in [-0.05, 0) is 0 Å². The van der Waals surface area contributed by atoms with Crippen molar-refractivity contribution in [2.24, 2.45) is 0 Å². The molecule has 0 radical (unpaired) electrons. The Balaban J connectivity index is 2.79. The number of amides is 2. The largest absolute Gasteiger partial charge is 0.394 e. The molecule has 0 spiro atoms. The molecule has 1 heterocycles. The molecule has 0 aromatic heterocycles. The first-order valence-corrected chi connectivity index (χ1v) is 4.08. The van der Waals surface area contributed by atoms with Crippen molar-refractivity contribution in [3.8, 4) is 0 Å². The molecule has 6 nitrogen and oxygen atoms in total. The summed E-state index contributed by atoms with van der Waals surface area (Å²) in [5, 5.41) is 29.6. The van der Waals surface area contributed by atoms with E-state index in [1.54, 1.807) is 0 Å². The van der Waals surface area contributed by atoms with Gasteiger partial charge >= 0.3 is 6.03 Å². The van der Waals surface area contributed by atoms with Crippen LogP contribution in [0.15, 0.2) is 0 Å². The van der Waals surface area contributed by atoms with E-state index >= 15 is 0 Å². The highest BCUT2D eigenvalue weighted by Crippen LogP contribution is 2.16. The van der Waals surface area contributed by atoms with Gasteiger partial charge in [0.1, 0.15) is 5.54 Å². The molecule has 0 aromatic carbocycles. The first kappa shape index (κ1) is 10.2. The van der Waals surface area contributed by atoms with Crippen molar-refractivity contribution < 1.29 is 20.1 Å². The number of aliphatic hydroxyl groups is 3. The maximum atomic E-state index is 11.2. The summed E-state index contributed by atoms with van der Waals surface area (Å²) in [6, 6.07) is -0.364. The van der Waals surface area contributed by atoms with Crippen LogP contribution in [0.1, 0.15) is 0 Å². The molecule has 4 N–H and O–H groups in total. The molecule has 0 bridgehead atoms. The van der Waals surface area contributed by atoms with Gasteiger partial charge in [0.2, 0.25) is 0 Å². The molecule has 0 aromatic rings. The molecule has 1 saturated heterocycles. The SMILES string of the molecule is O=C1NCCN1C(CO)(CO)CO. The minimum absolute atomic E-state index is 0.364. The molecular formula is C7H14N2O4. The maximum Gasteiger partial charge on any atom is 0.318 e. The Morgan fingerprint density at radius 3 is 2.15 bits per heavy atom. The van der Waals surface area contributed by atoms with Crippen molar-refractivity contribution in [1.82, 2.24) is 10.2 Å². The number of aliphatic hydroxyl groups excluding tert-OH is 3. The lowest BCUT2D eigenvalue weighted by molar-refractivity contribution is -0.0171. The summed E-state index contributed by atoms with van der Waals surface area (Å²) in [7, 11) is 0. The Morgan fingerprint density at radius 2 is 1.85 bits per heavy atom. The van der Waals surface area contributed by atoms with E-state index in [1.165, 1.54) is 4.90 Å². The minimum atomic E-state index is -1.24. The summed E-state index contributed by atoms with van der Waals surface area (Å²) >= 11 is 0. The molecule has 0 saturated carbocycles. The van der Waals surface area contributed by atoms with Gasteiger partial charge in [-0.2, -0.15) is 0 Å². The smallest absolute Gasteiger partial charge is 0.318 e. The van der Waals surface area contributed by atoms with Crippen LogP contribution < -0.4 is 5.32 Å². The van der Waals surface area contributed by atoms with Crippen LogP contribution in [-0.2, 0) is 0 Å². The molecule has 1 rings (SSSR count). The summed E-state index contributed by atoms with van der Waals surface area (Å²) in [6.45, 7) is -0.491. The summed E-state index contributed by atoms with van der Waals surface area (Å²) in [4.78, 5) is 12.4. The van der Waals surface area contributed by atoms with Crippen molar-refractivity contribution in [2.75, 3.05) is 32.9 Å². The van der Waals surface area contributed by atoms with Crippen LogP contribution in [0.5, 0.6) is 0 Å². The Kier molecular flexibility index (Phi) is 3.07. The van der Waals surface area contributed by atoms with Crippen molar-refractivity contribution in [1.29, 1.82) is 0 Å². The summed E-state index contributed by atoms with van der Waals surface area (Å²) in [6.07, 6.45) is 0. The predicted octanol–water partition coefficient (Wildman–Crippen LogP) is -2.27. The third kappa shape index (κ3) is 1.60. The van der Waals surface area contributed by atoms with Crippen LogP contribution in [0.4, 0.5) is 4.79 Å². The van der Waals surface area contributed by atoms with Crippen molar-refractivity contribution in [2.45, 2.75) is 5.54 Å². The lowest BCUT2D eigenvalue weighted by atomic mass is 10.0. The number of nitrogens with zero attached hydrogens (tertiary/aromatic N) is 1. The molecule has 0 unspecified atom stereocenters. The number of carbonyl (C=O) groups excluding carboxylic acids is 1. The van der Waals surface area contributed by atoms with Gasteiger partial charge in [-0.15, -0.1) is 0 Å².